The van der Waals surface area contributed by atoms with Crippen molar-refractivity contribution in [1.82, 2.24) is 0 Å². The van der Waals surface area contributed by atoms with Gasteiger partial charge >= 0.3 is 0 Å². The zero-order valence-electron chi connectivity index (χ0n) is 8.75. The van der Waals surface area contributed by atoms with Crippen LogP contribution in [-0.4, -0.2) is 11.0 Å². The third kappa shape index (κ3) is 2.42. The topological polar surface area (TPSA) is 43.1 Å². The average Bonchev–Trinajstić information content (AvgIpc) is 2.03. The van der Waals surface area contributed by atoms with Crippen LogP contribution in [-0.2, 0) is 0 Å². The molecule has 1 rings (SSSR count). The summed E-state index contributed by atoms with van der Waals surface area (Å²) in [4.78, 5) is 10.7. The molecule has 0 heterocycles. The predicted octanol–water partition coefficient (Wildman–Crippen LogP) is 2.87. The molecule has 76 valence electrons. The van der Waals surface area contributed by atoms with Crippen LogP contribution in [0.3, 0.4) is 0 Å². The molecule has 0 radical (unpaired) electrons. The highest BCUT2D eigenvalue weighted by Crippen LogP contribution is 2.38. The van der Waals surface area contributed by atoms with Gasteiger partial charge in [0.2, 0.25) is 6.04 Å². The fourth-order valence-corrected chi connectivity index (χ4v) is 2.37. The van der Waals surface area contributed by atoms with E-state index in [1.807, 2.05) is 0 Å². The predicted molar refractivity (Wildman–Crippen MR) is 52.2 cm³/mol. The van der Waals surface area contributed by atoms with Crippen LogP contribution in [0.2, 0.25) is 0 Å². The molecular formula is C10H19NO2. The van der Waals surface area contributed by atoms with Crippen LogP contribution in [0.1, 0.15) is 46.5 Å². The Kier molecular flexibility index (Phi) is 2.94. The summed E-state index contributed by atoms with van der Waals surface area (Å²) in [5.74, 6) is 0.260. The van der Waals surface area contributed by atoms with Crippen molar-refractivity contribution in [3.05, 3.63) is 10.1 Å². The number of hydrogen-bond donors (Lipinski definition) is 0. The molecule has 3 heteroatoms. The summed E-state index contributed by atoms with van der Waals surface area (Å²) in [6, 6.07) is -0.297. The molecule has 0 aromatic heterocycles. The Morgan fingerprint density at radius 3 is 2.15 bits per heavy atom. The summed E-state index contributed by atoms with van der Waals surface area (Å²) >= 11 is 0. The van der Waals surface area contributed by atoms with Gasteiger partial charge in [-0.15, -0.1) is 0 Å². The van der Waals surface area contributed by atoms with Crippen molar-refractivity contribution >= 4 is 0 Å². The molecule has 0 amide bonds. The zero-order chi connectivity index (χ0) is 10.1. The van der Waals surface area contributed by atoms with E-state index in [4.69, 9.17) is 0 Å². The van der Waals surface area contributed by atoms with Crippen LogP contribution in [0.25, 0.3) is 0 Å². The van der Waals surface area contributed by atoms with Crippen molar-refractivity contribution in [2.75, 3.05) is 0 Å². The van der Waals surface area contributed by atoms with Gasteiger partial charge in [-0.05, 0) is 18.3 Å². The van der Waals surface area contributed by atoms with Gasteiger partial charge in [0.15, 0.2) is 0 Å². The molecule has 1 aliphatic carbocycles. The van der Waals surface area contributed by atoms with Crippen LogP contribution in [0.15, 0.2) is 0 Å². The first-order valence-corrected chi connectivity index (χ1v) is 5.06. The molecule has 13 heavy (non-hydrogen) atoms. The van der Waals surface area contributed by atoms with E-state index in [2.05, 4.69) is 20.8 Å². The Labute approximate surface area is 79.7 Å². The summed E-state index contributed by atoms with van der Waals surface area (Å²) in [6.45, 7) is 6.33. The number of rotatable bonds is 1. The second-order valence-electron chi connectivity index (χ2n) is 5.11. The van der Waals surface area contributed by atoms with E-state index >= 15 is 0 Å². The summed E-state index contributed by atoms with van der Waals surface area (Å²) in [6.07, 6.45) is 3.98. The third-order valence-corrected chi connectivity index (χ3v) is 3.11. The molecule has 0 aromatic rings. The molecule has 0 N–H and O–H groups in total. The van der Waals surface area contributed by atoms with E-state index in [0.717, 1.165) is 25.7 Å². The van der Waals surface area contributed by atoms with E-state index in [-0.39, 0.29) is 22.3 Å². The Balaban J connectivity index is 2.73. The first-order valence-electron chi connectivity index (χ1n) is 5.06. The highest BCUT2D eigenvalue weighted by Gasteiger charge is 2.40. The van der Waals surface area contributed by atoms with E-state index in [9.17, 15) is 10.1 Å². The van der Waals surface area contributed by atoms with Crippen LogP contribution < -0.4 is 0 Å². The summed E-state index contributed by atoms with van der Waals surface area (Å²) < 4.78 is 0. The molecule has 0 bridgehead atoms. The monoisotopic (exact) mass is 185 g/mol. The van der Waals surface area contributed by atoms with E-state index in [1.54, 1.807) is 0 Å². The highest BCUT2D eigenvalue weighted by atomic mass is 16.6. The molecule has 1 saturated carbocycles. The van der Waals surface area contributed by atoms with E-state index in [1.165, 1.54) is 0 Å². The fourth-order valence-electron chi connectivity index (χ4n) is 2.37. The highest BCUT2D eigenvalue weighted by molar-refractivity contribution is 4.83. The molecule has 0 aromatic carbocycles. The summed E-state index contributed by atoms with van der Waals surface area (Å²) in [5.41, 5.74) is 0.0815. The maximum Gasteiger partial charge on any atom is 0.216 e. The molecule has 0 spiro atoms. The first-order chi connectivity index (χ1) is 5.93. The van der Waals surface area contributed by atoms with Gasteiger partial charge in [0.1, 0.15) is 0 Å². The van der Waals surface area contributed by atoms with E-state index in [0.29, 0.717) is 0 Å². The van der Waals surface area contributed by atoms with Gasteiger partial charge in [0.05, 0.1) is 0 Å². The lowest BCUT2D eigenvalue weighted by Gasteiger charge is -2.35. The normalized spacial score (nSPS) is 30.1. The molecule has 0 aliphatic heterocycles. The van der Waals surface area contributed by atoms with Gasteiger partial charge in [-0.2, -0.15) is 0 Å². The number of nitrogens with zero attached hydrogens (tertiary/aromatic N) is 1. The van der Waals surface area contributed by atoms with Crippen LogP contribution in [0.5, 0.6) is 0 Å². The molecular weight excluding hydrogens is 166 g/mol. The standard InChI is InChI=1S/C10H19NO2/c1-10(2,3)8-6-4-5-7-9(8)11(12)13/h8-9H,4-7H2,1-3H3. The Morgan fingerprint density at radius 2 is 1.77 bits per heavy atom. The van der Waals surface area contributed by atoms with Crippen molar-refractivity contribution in [3.63, 3.8) is 0 Å². The first kappa shape index (κ1) is 10.5. The van der Waals surface area contributed by atoms with Gasteiger partial charge < -0.3 is 0 Å². The Hall–Kier alpha value is -0.600. The number of hydrogen-bond acceptors (Lipinski definition) is 2. The van der Waals surface area contributed by atoms with Gasteiger partial charge in [-0.1, -0.05) is 27.2 Å². The van der Waals surface area contributed by atoms with Gasteiger partial charge in [-0.3, -0.25) is 10.1 Å². The van der Waals surface area contributed by atoms with Crippen LogP contribution in [0, 0.1) is 21.4 Å². The van der Waals surface area contributed by atoms with Gasteiger partial charge in [0, 0.05) is 17.3 Å². The minimum Gasteiger partial charge on any atom is -0.264 e. The number of nitro groups is 1. The molecule has 1 fully saturated rings. The second kappa shape index (κ2) is 3.64. The SMILES string of the molecule is CC(C)(C)C1CCCCC1[N+](=O)[O-]. The molecule has 3 nitrogen and oxygen atoms in total. The lowest BCUT2D eigenvalue weighted by Crippen LogP contribution is -2.39. The van der Waals surface area contributed by atoms with Crippen molar-refractivity contribution < 1.29 is 4.92 Å². The van der Waals surface area contributed by atoms with Crippen LogP contribution >= 0.6 is 0 Å². The Morgan fingerprint density at radius 1 is 1.23 bits per heavy atom. The van der Waals surface area contributed by atoms with Crippen LogP contribution in [0.4, 0.5) is 0 Å². The lowest BCUT2D eigenvalue weighted by atomic mass is 9.70. The zero-order valence-corrected chi connectivity index (χ0v) is 8.75. The molecule has 2 atom stereocenters. The fraction of sp³-hybridized carbons (Fsp3) is 1.00. The maximum absolute atomic E-state index is 10.8. The average molecular weight is 185 g/mol. The molecule has 1 aliphatic rings. The molecule has 2 unspecified atom stereocenters. The van der Waals surface area contributed by atoms with Crippen molar-refractivity contribution in [3.8, 4) is 0 Å². The van der Waals surface area contributed by atoms with Gasteiger partial charge in [0.25, 0.3) is 0 Å². The molecule has 0 saturated heterocycles. The van der Waals surface area contributed by atoms with Crippen molar-refractivity contribution in [2.45, 2.75) is 52.5 Å². The van der Waals surface area contributed by atoms with Crippen molar-refractivity contribution in [1.29, 1.82) is 0 Å². The maximum atomic E-state index is 10.8. The Bertz CT molecular complexity index is 196. The minimum atomic E-state index is -0.297. The largest absolute Gasteiger partial charge is 0.264 e. The minimum absolute atomic E-state index is 0.0743. The summed E-state index contributed by atoms with van der Waals surface area (Å²) in [7, 11) is 0. The quantitative estimate of drug-likeness (QED) is 0.465. The summed E-state index contributed by atoms with van der Waals surface area (Å²) in [5, 5.41) is 10.8. The van der Waals surface area contributed by atoms with E-state index < -0.39 is 0 Å². The van der Waals surface area contributed by atoms with Crippen molar-refractivity contribution in [2.24, 2.45) is 11.3 Å². The smallest absolute Gasteiger partial charge is 0.216 e. The lowest BCUT2D eigenvalue weighted by molar-refractivity contribution is -0.539. The van der Waals surface area contributed by atoms with Gasteiger partial charge in [-0.25, -0.2) is 0 Å². The second-order valence-corrected chi connectivity index (χ2v) is 5.11. The third-order valence-electron chi connectivity index (χ3n) is 3.11.